The molecule has 1 saturated heterocycles. The molecule has 0 aromatic carbocycles. The van der Waals surface area contributed by atoms with Crippen LogP contribution in [0.2, 0.25) is 0 Å². The Morgan fingerprint density at radius 3 is 2.28 bits per heavy atom. The highest BCUT2D eigenvalue weighted by molar-refractivity contribution is 5.81. The number of rotatable bonds is 6. The number of likely N-dealkylation sites (tertiary alicyclic amines) is 1. The summed E-state index contributed by atoms with van der Waals surface area (Å²) in [5, 5.41) is 13.1. The normalized spacial score (nSPS) is 20.9. The number of hydrogen-bond acceptors (Lipinski definition) is 3. The lowest BCUT2D eigenvalue weighted by Gasteiger charge is -2.51. The molecular weight excluding hydrogens is 228 g/mol. The fraction of sp³-hybridized carbons (Fsp3) is 0.929. The van der Waals surface area contributed by atoms with Crippen molar-refractivity contribution in [3.63, 3.8) is 0 Å². The molecule has 1 atom stereocenters. The molecule has 2 N–H and O–H groups in total. The summed E-state index contributed by atoms with van der Waals surface area (Å²) in [7, 11) is 0. The first-order valence-corrected chi connectivity index (χ1v) is 7.00. The Balaban J connectivity index is 2.30. The number of aliphatic hydroxyl groups is 1. The number of nitrogens with one attached hydrogen (secondary N) is 1. The first kappa shape index (κ1) is 15.4. The Morgan fingerprint density at radius 2 is 1.83 bits per heavy atom. The minimum Gasteiger partial charge on any atom is -0.387 e. The van der Waals surface area contributed by atoms with Gasteiger partial charge < -0.3 is 10.4 Å². The monoisotopic (exact) mass is 256 g/mol. The molecule has 1 heterocycles. The van der Waals surface area contributed by atoms with Crippen molar-refractivity contribution in [2.24, 2.45) is 11.8 Å². The van der Waals surface area contributed by atoms with Gasteiger partial charge in [0.1, 0.15) is 0 Å². The van der Waals surface area contributed by atoms with Gasteiger partial charge in [-0.25, -0.2) is 0 Å². The third-order valence-electron chi connectivity index (χ3n) is 3.98. The molecule has 1 unspecified atom stereocenters. The second kappa shape index (κ2) is 6.02. The molecule has 4 heteroatoms. The lowest BCUT2D eigenvalue weighted by atomic mass is 9.82. The first-order valence-electron chi connectivity index (χ1n) is 7.00. The van der Waals surface area contributed by atoms with Crippen molar-refractivity contribution >= 4 is 5.91 Å². The van der Waals surface area contributed by atoms with Gasteiger partial charge in [-0.3, -0.25) is 9.69 Å². The topological polar surface area (TPSA) is 52.6 Å². The van der Waals surface area contributed by atoms with Gasteiger partial charge in [-0.05, 0) is 25.2 Å². The minimum absolute atomic E-state index is 0.0708. The van der Waals surface area contributed by atoms with Crippen molar-refractivity contribution in [3.8, 4) is 0 Å². The van der Waals surface area contributed by atoms with Crippen LogP contribution in [0.15, 0.2) is 0 Å². The Kier molecular flexibility index (Phi) is 5.17. The van der Waals surface area contributed by atoms with Gasteiger partial charge in [-0.1, -0.05) is 27.7 Å². The average molecular weight is 256 g/mol. The highest BCUT2D eigenvalue weighted by Gasteiger charge is 2.46. The zero-order valence-corrected chi connectivity index (χ0v) is 12.4. The maximum atomic E-state index is 11.9. The lowest BCUT2D eigenvalue weighted by Crippen LogP contribution is -2.68. The lowest BCUT2D eigenvalue weighted by molar-refractivity contribution is -0.153. The Hall–Kier alpha value is -0.610. The summed E-state index contributed by atoms with van der Waals surface area (Å²) in [5.74, 6) is 0.919. The fourth-order valence-electron chi connectivity index (χ4n) is 2.09. The summed E-state index contributed by atoms with van der Waals surface area (Å²) in [6.45, 7) is 12.2. The Morgan fingerprint density at radius 1 is 1.28 bits per heavy atom. The standard InChI is InChI=1S/C14H28N2O2/c1-10(2)6-7-15-13(17)12(5)16-8-14(18,9-16)11(3)4/h10-12,18H,6-9H2,1-5H3,(H,15,17). The summed E-state index contributed by atoms with van der Waals surface area (Å²) in [5.41, 5.74) is -0.605. The molecule has 0 aromatic heterocycles. The highest BCUT2D eigenvalue weighted by Crippen LogP contribution is 2.29. The van der Waals surface area contributed by atoms with Crippen molar-refractivity contribution < 1.29 is 9.90 Å². The molecule has 1 rings (SSSR count). The molecular formula is C14H28N2O2. The van der Waals surface area contributed by atoms with Crippen LogP contribution in [0.25, 0.3) is 0 Å². The van der Waals surface area contributed by atoms with E-state index in [-0.39, 0.29) is 17.9 Å². The molecule has 0 aliphatic carbocycles. The summed E-state index contributed by atoms with van der Waals surface area (Å²) in [6.07, 6.45) is 1.01. The zero-order valence-electron chi connectivity index (χ0n) is 12.4. The van der Waals surface area contributed by atoms with Gasteiger partial charge in [0.15, 0.2) is 0 Å². The molecule has 0 radical (unpaired) electrons. The molecule has 1 amide bonds. The van der Waals surface area contributed by atoms with Crippen LogP contribution >= 0.6 is 0 Å². The predicted octanol–water partition coefficient (Wildman–Crippen LogP) is 1.24. The van der Waals surface area contributed by atoms with Crippen LogP contribution in [-0.2, 0) is 4.79 Å². The first-order chi connectivity index (χ1) is 8.26. The van der Waals surface area contributed by atoms with Crippen LogP contribution in [0.3, 0.4) is 0 Å². The van der Waals surface area contributed by atoms with Crippen molar-refractivity contribution in [1.29, 1.82) is 0 Å². The molecule has 106 valence electrons. The van der Waals surface area contributed by atoms with Crippen molar-refractivity contribution in [3.05, 3.63) is 0 Å². The second-order valence-electron chi connectivity index (χ2n) is 6.31. The molecule has 1 aliphatic heterocycles. The molecule has 1 fully saturated rings. The van der Waals surface area contributed by atoms with E-state index in [2.05, 4.69) is 19.2 Å². The van der Waals surface area contributed by atoms with E-state index in [0.29, 0.717) is 19.0 Å². The number of carbonyl (C=O) groups is 1. The number of hydrogen-bond donors (Lipinski definition) is 2. The van der Waals surface area contributed by atoms with Gasteiger partial charge >= 0.3 is 0 Å². The maximum Gasteiger partial charge on any atom is 0.237 e. The highest BCUT2D eigenvalue weighted by atomic mass is 16.3. The van der Waals surface area contributed by atoms with Crippen LogP contribution in [0.1, 0.15) is 41.0 Å². The second-order valence-corrected chi connectivity index (χ2v) is 6.31. The van der Waals surface area contributed by atoms with Gasteiger partial charge in [-0.2, -0.15) is 0 Å². The van der Waals surface area contributed by atoms with Crippen molar-refractivity contribution in [1.82, 2.24) is 10.2 Å². The number of carbonyl (C=O) groups excluding carboxylic acids is 1. The van der Waals surface area contributed by atoms with Crippen LogP contribution in [0.4, 0.5) is 0 Å². The van der Waals surface area contributed by atoms with E-state index in [0.717, 1.165) is 13.0 Å². The third-order valence-corrected chi connectivity index (χ3v) is 3.98. The predicted molar refractivity (Wildman–Crippen MR) is 73.3 cm³/mol. The van der Waals surface area contributed by atoms with Gasteiger partial charge in [0.25, 0.3) is 0 Å². The fourth-order valence-corrected chi connectivity index (χ4v) is 2.09. The SMILES string of the molecule is CC(C)CCNC(=O)C(C)N1CC(O)(C(C)C)C1. The number of amides is 1. The van der Waals surface area contributed by atoms with Gasteiger partial charge in [0, 0.05) is 19.6 Å². The van der Waals surface area contributed by atoms with E-state index < -0.39 is 5.60 Å². The van der Waals surface area contributed by atoms with E-state index in [1.165, 1.54) is 0 Å². The molecule has 0 bridgehead atoms. The van der Waals surface area contributed by atoms with E-state index in [1.807, 2.05) is 25.7 Å². The summed E-state index contributed by atoms with van der Waals surface area (Å²) < 4.78 is 0. The summed E-state index contributed by atoms with van der Waals surface area (Å²) in [4.78, 5) is 13.9. The molecule has 0 spiro atoms. The largest absolute Gasteiger partial charge is 0.387 e. The smallest absolute Gasteiger partial charge is 0.237 e. The van der Waals surface area contributed by atoms with Crippen LogP contribution in [0.5, 0.6) is 0 Å². The quantitative estimate of drug-likeness (QED) is 0.752. The van der Waals surface area contributed by atoms with E-state index in [9.17, 15) is 9.90 Å². The summed E-state index contributed by atoms with van der Waals surface area (Å²) >= 11 is 0. The average Bonchev–Trinajstić information content (AvgIpc) is 2.22. The number of β-amino-alcohol motifs (C(OH)–C–C–N with tert-alkyl or cyclic N) is 1. The van der Waals surface area contributed by atoms with Gasteiger partial charge in [0.05, 0.1) is 11.6 Å². The van der Waals surface area contributed by atoms with E-state index in [4.69, 9.17) is 0 Å². The summed E-state index contributed by atoms with van der Waals surface area (Å²) in [6, 6.07) is -0.142. The zero-order chi connectivity index (χ0) is 13.9. The van der Waals surface area contributed by atoms with Gasteiger partial charge in [0.2, 0.25) is 5.91 Å². The molecule has 4 nitrogen and oxygen atoms in total. The molecule has 1 aliphatic rings. The minimum atomic E-state index is -0.605. The maximum absolute atomic E-state index is 11.9. The van der Waals surface area contributed by atoms with Crippen LogP contribution < -0.4 is 5.32 Å². The van der Waals surface area contributed by atoms with Crippen LogP contribution in [-0.4, -0.2) is 47.2 Å². The van der Waals surface area contributed by atoms with E-state index in [1.54, 1.807) is 0 Å². The van der Waals surface area contributed by atoms with E-state index >= 15 is 0 Å². The third kappa shape index (κ3) is 3.69. The number of nitrogens with zero attached hydrogens (tertiary/aromatic N) is 1. The molecule has 0 saturated carbocycles. The van der Waals surface area contributed by atoms with Crippen LogP contribution in [0, 0.1) is 11.8 Å². The molecule has 0 aromatic rings. The molecule has 18 heavy (non-hydrogen) atoms. The van der Waals surface area contributed by atoms with Crippen molar-refractivity contribution in [2.75, 3.05) is 19.6 Å². The van der Waals surface area contributed by atoms with Gasteiger partial charge in [-0.15, -0.1) is 0 Å². The van der Waals surface area contributed by atoms with Crippen molar-refractivity contribution in [2.45, 2.75) is 52.7 Å². The Bertz CT molecular complexity index is 284. The Labute approximate surface area is 111 Å².